The Balaban J connectivity index is 1.62. The van der Waals surface area contributed by atoms with Crippen molar-refractivity contribution in [2.75, 3.05) is 39.4 Å². The zero-order valence-electron chi connectivity index (χ0n) is 10.9. The molecule has 2 aliphatic heterocycles. The lowest BCUT2D eigenvalue weighted by molar-refractivity contribution is 0.0447. The lowest BCUT2D eigenvalue weighted by Gasteiger charge is -2.31. The Morgan fingerprint density at radius 2 is 1.89 bits per heavy atom. The number of likely N-dealkylation sites (tertiary alicyclic amines) is 1. The third-order valence-corrected chi connectivity index (χ3v) is 4.71. The van der Waals surface area contributed by atoms with Crippen LogP contribution in [0.5, 0.6) is 0 Å². The molecule has 1 saturated carbocycles. The van der Waals surface area contributed by atoms with Crippen molar-refractivity contribution in [3.63, 3.8) is 0 Å². The van der Waals surface area contributed by atoms with E-state index >= 15 is 0 Å². The van der Waals surface area contributed by atoms with E-state index in [1.54, 1.807) is 0 Å². The summed E-state index contributed by atoms with van der Waals surface area (Å²) in [6.45, 7) is 4.59. The summed E-state index contributed by atoms with van der Waals surface area (Å²) >= 11 is 0. The molecule has 3 atom stereocenters. The average Bonchev–Trinajstić information content (AvgIpc) is 2.84. The van der Waals surface area contributed by atoms with Crippen molar-refractivity contribution in [3.05, 3.63) is 0 Å². The molecule has 2 N–H and O–H groups in total. The lowest BCUT2D eigenvalue weighted by Crippen LogP contribution is -2.47. The molecule has 2 heterocycles. The van der Waals surface area contributed by atoms with Gasteiger partial charge in [-0.05, 0) is 24.7 Å². The Morgan fingerprint density at radius 3 is 2.61 bits per heavy atom. The second-order valence-electron chi connectivity index (χ2n) is 5.81. The largest absolute Gasteiger partial charge is 0.378 e. The van der Waals surface area contributed by atoms with Crippen molar-refractivity contribution in [2.45, 2.75) is 25.3 Å². The molecule has 3 rings (SSSR count). The predicted molar refractivity (Wildman–Crippen MR) is 68.2 cm³/mol. The van der Waals surface area contributed by atoms with Crippen LogP contribution in [0, 0.1) is 11.8 Å². The van der Waals surface area contributed by atoms with E-state index < -0.39 is 0 Å². The fourth-order valence-corrected chi connectivity index (χ4v) is 3.63. The van der Waals surface area contributed by atoms with Gasteiger partial charge in [0, 0.05) is 32.2 Å². The first-order valence-electron chi connectivity index (χ1n) is 7.13. The van der Waals surface area contributed by atoms with Crippen LogP contribution in [0.25, 0.3) is 0 Å². The molecule has 1 aliphatic carbocycles. The predicted octanol–water partition coefficient (Wildman–Crippen LogP) is 0.498. The van der Waals surface area contributed by atoms with Crippen LogP contribution < -0.4 is 5.73 Å². The molecule has 0 aromatic heterocycles. The van der Waals surface area contributed by atoms with E-state index in [4.69, 9.17) is 10.5 Å². The van der Waals surface area contributed by atoms with Crippen LogP contribution >= 0.6 is 0 Å². The van der Waals surface area contributed by atoms with Gasteiger partial charge in [-0.2, -0.15) is 0 Å². The maximum Gasteiger partial charge on any atom is 0.320 e. The Bertz CT molecular complexity index is 317. The third kappa shape index (κ3) is 2.21. The van der Waals surface area contributed by atoms with Gasteiger partial charge in [-0.25, -0.2) is 4.79 Å². The van der Waals surface area contributed by atoms with Crippen molar-refractivity contribution >= 4 is 6.03 Å². The number of carbonyl (C=O) groups excluding carboxylic acids is 1. The number of hydrogen-bond donors (Lipinski definition) is 1. The zero-order valence-corrected chi connectivity index (χ0v) is 10.9. The number of urea groups is 1. The maximum atomic E-state index is 12.4. The summed E-state index contributed by atoms with van der Waals surface area (Å²) in [5.41, 5.74) is 6.19. The summed E-state index contributed by atoms with van der Waals surface area (Å²) in [5.74, 6) is 1.17. The number of amides is 2. The maximum absolute atomic E-state index is 12.4. The molecular weight excluding hydrogens is 230 g/mol. The van der Waals surface area contributed by atoms with E-state index in [1.807, 2.05) is 9.80 Å². The van der Waals surface area contributed by atoms with Crippen LogP contribution in [0.4, 0.5) is 4.79 Å². The molecule has 0 bridgehead atoms. The van der Waals surface area contributed by atoms with Crippen LogP contribution in [0.3, 0.4) is 0 Å². The van der Waals surface area contributed by atoms with Crippen LogP contribution in [0.2, 0.25) is 0 Å². The number of fused-ring (bicyclic) bond motifs is 1. The summed E-state index contributed by atoms with van der Waals surface area (Å²) in [4.78, 5) is 16.3. The summed E-state index contributed by atoms with van der Waals surface area (Å²) in [6.07, 6.45) is 3.59. The average molecular weight is 253 g/mol. The molecule has 5 nitrogen and oxygen atoms in total. The number of carbonyl (C=O) groups is 1. The fourth-order valence-electron chi connectivity index (χ4n) is 3.63. The molecular formula is C13H23N3O2. The first-order valence-corrected chi connectivity index (χ1v) is 7.13. The Labute approximate surface area is 108 Å². The molecule has 5 heteroatoms. The molecule has 3 fully saturated rings. The monoisotopic (exact) mass is 253 g/mol. The molecule has 18 heavy (non-hydrogen) atoms. The molecule has 3 unspecified atom stereocenters. The summed E-state index contributed by atoms with van der Waals surface area (Å²) in [5, 5.41) is 0. The van der Waals surface area contributed by atoms with Gasteiger partial charge in [-0.15, -0.1) is 0 Å². The topological polar surface area (TPSA) is 58.8 Å². The number of nitrogens with zero attached hydrogens (tertiary/aromatic N) is 2. The molecule has 0 spiro atoms. The van der Waals surface area contributed by atoms with Crippen molar-refractivity contribution in [3.8, 4) is 0 Å². The van der Waals surface area contributed by atoms with Gasteiger partial charge in [0.1, 0.15) is 0 Å². The highest BCUT2D eigenvalue weighted by Gasteiger charge is 2.41. The standard InChI is InChI=1S/C13H23N3O2/c14-12-3-1-2-10-8-16(9-11(10)12)13(17)15-4-6-18-7-5-15/h10-12H,1-9,14H2. The molecule has 3 aliphatic rings. The van der Waals surface area contributed by atoms with Gasteiger partial charge < -0.3 is 20.3 Å². The quantitative estimate of drug-likeness (QED) is 0.684. The number of morpholine rings is 1. The molecule has 102 valence electrons. The van der Waals surface area contributed by atoms with E-state index in [0.29, 0.717) is 31.1 Å². The van der Waals surface area contributed by atoms with Crippen LogP contribution in [-0.2, 0) is 4.74 Å². The minimum Gasteiger partial charge on any atom is -0.378 e. The number of nitrogens with two attached hydrogens (primary N) is 1. The minimum atomic E-state index is 0.194. The molecule has 2 saturated heterocycles. The van der Waals surface area contributed by atoms with Crippen molar-refractivity contribution in [2.24, 2.45) is 17.6 Å². The summed E-state index contributed by atoms with van der Waals surface area (Å²) < 4.78 is 5.29. The smallest absolute Gasteiger partial charge is 0.320 e. The van der Waals surface area contributed by atoms with E-state index in [-0.39, 0.29) is 6.03 Å². The number of ether oxygens (including phenoxy) is 1. The molecule has 0 aromatic rings. The highest BCUT2D eigenvalue weighted by atomic mass is 16.5. The highest BCUT2D eigenvalue weighted by Crippen LogP contribution is 2.35. The van der Waals surface area contributed by atoms with Crippen molar-refractivity contribution < 1.29 is 9.53 Å². The van der Waals surface area contributed by atoms with Crippen LogP contribution in [-0.4, -0.2) is 61.3 Å². The summed E-state index contributed by atoms with van der Waals surface area (Å²) in [7, 11) is 0. The molecule has 2 amide bonds. The first-order chi connectivity index (χ1) is 8.75. The molecule has 0 aromatic carbocycles. The van der Waals surface area contributed by atoms with E-state index in [2.05, 4.69) is 0 Å². The van der Waals surface area contributed by atoms with Crippen LogP contribution in [0.1, 0.15) is 19.3 Å². The van der Waals surface area contributed by atoms with E-state index in [1.165, 1.54) is 12.8 Å². The van der Waals surface area contributed by atoms with Gasteiger partial charge in [-0.3, -0.25) is 0 Å². The van der Waals surface area contributed by atoms with E-state index in [0.717, 1.165) is 32.6 Å². The van der Waals surface area contributed by atoms with Gasteiger partial charge >= 0.3 is 6.03 Å². The zero-order chi connectivity index (χ0) is 12.5. The Morgan fingerprint density at radius 1 is 1.11 bits per heavy atom. The fraction of sp³-hybridized carbons (Fsp3) is 0.923. The second kappa shape index (κ2) is 5.05. The Hall–Kier alpha value is -0.810. The highest BCUT2D eigenvalue weighted by molar-refractivity contribution is 5.75. The first kappa shape index (κ1) is 12.2. The van der Waals surface area contributed by atoms with E-state index in [9.17, 15) is 4.79 Å². The third-order valence-electron chi connectivity index (χ3n) is 4.71. The van der Waals surface area contributed by atoms with Crippen molar-refractivity contribution in [1.82, 2.24) is 9.80 Å². The number of hydrogen-bond acceptors (Lipinski definition) is 3. The van der Waals surface area contributed by atoms with Gasteiger partial charge in [0.25, 0.3) is 0 Å². The van der Waals surface area contributed by atoms with Gasteiger partial charge in [-0.1, -0.05) is 6.42 Å². The lowest BCUT2D eigenvalue weighted by atomic mass is 9.78. The van der Waals surface area contributed by atoms with Gasteiger partial charge in [0.2, 0.25) is 0 Å². The normalized spacial score (nSPS) is 36.6. The Kier molecular flexibility index (Phi) is 3.43. The summed E-state index contributed by atoms with van der Waals surface area (Å²) in [6, 6.07) is 0.492. The van der Waals surface area contributed by atoms with Crippen molar-refractivity contribution in [1.29, 1.82) is 0 Å². The minimum absolute atomic E-state index is 0.194. The SMILES string of the molecule is NC1CCCC2CN(C(=O)N3CCOCC3)CC12. The van der Waals surface area contributed by atoms with Gasteiger partial charge in [0.05, 0.1) is 13.2 Å². The van der Waals surface area contributed by atoms with Crippen LogP contribution in [0.15, 0.2) is 0 Å². The second-order valence-corrected chi connectivity index (χ2v) is 5.81. The van der Waals surface area contributed by atoms with Gasteiger partial charge in [0.15, 0.2) is 0 Å². The molecule has 0 radical (unpaired) electrons. The number of rotatable bonds is 0.